The van der Waals surface area contributed by atoms with Crippen LogP contribution in [0.3, 0.4) is 0 Å². The highest BCUT2D eigenvalue weighted by molar-refractivity contribution is 7.17. The molecule has 2 aliphatic carbocycles. The van der Waals surface area contributed by atoms with E-state index in [-0.39, 0.29) is 12.5 Å². The quantitative estimate of drug-likeness (QED) is 0.655. The van der Waals surface area contributed by atoms with Gasteiger partial charge in [-0.15, -0.1) is 11.3 Å². The molecule has 2 amide bonds. The summed E-state index contributed by atoms with van der Waals surface area (Å²) >= 11 is 1.40. The lowest BCUT2D eigenvalue weighted by molar-refractivity contribution is -0.142. The van der Waals surface area contributed by atoms with Gasteiger partial charge in [-0.2, -0.15) is 18.3 Å². The van der Waals surface area contributed by atoms with Crippen LogP contribution in [-0.4, -0.2) is 21.6 Å². The molecule has 0 radical (unpaired) electrons. The smallest absolute Gasteiger partial charge is 0.365 e. The number of nitrogens with zero attached hydrogens (tertiary/aromatic N) is 2. The molecule has 2 aromatic rings. The maximum atomic E-state index is 13.4. The van der Waals surface area contributed by atoms with Gasteiger partial charge in [0.15, 0.2) is 5.69 Å². The van der Waals surface area contributed by atoms with Crippen LogP contribution in [0.25, 0.3) is 0 Å². The molecule has 10 heteroatoms. The van der Waals surface area contributed by atoms with Crippen molar-refractivity contribution in [2.24, 2.45) is 11.7 Å². The second-order valence-corrected chi connectivity index (χ2v) is 9.77. The topological polar surface area (TPSA) is 90.0 Å². The molecule has 2 aliphatic rings. The molecular weight excluding hydrogens is 441 g/mol. The number of aryl methyl sites for hydroxylation is 2. The van der Waals surface area contributed by atoms with Gasteiger partial charge in [0.25, 0.3) is 5.91 Å². The van der Waals surface area contributed by atoms with Gasteiger partial charge < -0.3 is 11.1 Å². The fourth-order valence-corrected chi connectivity index (χ4v) is 5.98. The number of thiophene rings is 1. The Morgan fingerprint density at radius 2 is 1.78 bits per heavy atom. The first-order valence-electron chi connectivity index (χ1n) is 11.1. The van der Waals surface area contributed by atoms with Gasteiger partial charge in [-0.1, -0.05) is 6.92 Å². The third-order valence-corrected chi connectivity index (χ3v) is 7.61. The Kier molecular flexibility index (Phi) is 6.33. The van der Waals surface area contributed by atoms with Gasteiger partial charge in [0, 0.05) is 28.6 Å². The third-order valence-electron chi connectivity index (χ3n) is 6.40. The van der Waals surface area contributed by atoms with Crippen LogP contribution in [0, 0.1) is 5.92 Å². The highest BCUT2D eigenvalue weighted by atomic mass is 32.1. The summed E-state index contributed by atoms with van der Waals surface area (Å²) in [5, 5.41) is 7.19. The Hall–Kier alpha value is -2.36. The standard InChI is InChI=1S/C22H27F3N4O2S/c1-12(10-11-29-15-8-4-2-6-13(15)18(28-29)22(23,24)25)20(31)27-21-17(19(26)30)14-7-3-5-9-16(14)32-21/h12H,2-11H2,1H3,(H2,26,30)(H,27,31). The molecule has 1 unspecified atom stereocenters. The monoisotopic (exact) mass is 468 g/mol. The number of fused-ring (bicyclic) bond motifs is 2. The van der Waals surface area contributed by atoms with Gasteiger partial charge in [-0.05, 0) is 63.4 Å². The molecule has 1 atom stereocenters. The number of rotatable bonds is 6. The molecule has 0 fully saturated rings. The molecule has 0 aliphatic heterocycles. The Labute approximate surface area is 188 Å². The van der Waals surface area contributed by atoms with Crippen molar-refractivity contribution in [3.8, 4) is 0 Å². The van der Waals surface area contributed by atoms with Crippen molar-refractivity contribution >= 4 is 28.2 Å². The number of amides is 2. The lowest BCUT2D eigenvalue weighted by Gasteiger charge is -2.16. The molecule has 0 bridgehead atoms. The number of nitrogens with one attached hydrogen (secondary N) is 1. The predicted molar refractivity (Wildman–Crippen MR) is 116 cm³/mol. The first-order chi connectivity index (χ1) is 15.2. The van der Waals surface area contributed by atoms with Crippen LogP contribution in [-0.2, 0) is 43.2 Å². The molecule has 32 heavy (non-hydrogen) atoms. The highest BCUT2D eigenvalue weighted by Gasteiger charge is 2.39. The van der Waals surface area contributed by atoms with E-state index < -0.39 is 23.7 Å². The molecular formula is C22H27F3N4O2S. The van der Waals surface area contributed by atoms with E-state index in [0.717, 1.165) is 49.0 Å². The first-order valence-corrected chi connectivity index (χ1v) is 11.9. The molecule has 4 rings (SSSR count). The lowest BCUT2D eigenvalue weighted by atomic mass is 9.95. The number of nitrogens with two attached hydrogens (primary N) is 1. The van der Waals surface area contributed by atoms with Gasteiger partial charge in [0.1, 0.15) is 5.00 Å². The van der Waals surface area contributed by atoms with Gasteiger partial charge in [-0.25, -0.2) is 0 Å². The minimum atomic E-state index is -4.47. The molecule has 3 N–H and O–H groups in total. The number of hydrogen-bond acceptors (Lipinski definition) is 4. The molecule has 0 saturated carbocycles. The van der Waals surface area contributed by atoms with Crippen LogP contribution in [0.5, 0.6) is 0 Å². The van der Waals surface area contributed by atoms with Crippen LogP contribution in [0.15, 0.2) is 0 Å². The van der Waals surface area contributed by atoms with Crippen molar-refractivity contribution in [2.45, 2.75) is 77.4 Å². The molecule has 2 heterocycles. The molecule has 174 valence electrons. The summed E-state index contributed by atoms with van der Waals surface area (Å²) in [4.78, 5) is 25.9. The largest absolute Gasteiger partial charge is 0.435 e. The Balaban J connectivity index is 1.46. The van der Waals surface area contributed by atoms with E-state index in [0.29, 0.717) is 41.1 Å². The summed E-state index contributed by atoms with van der Waals surface area (Å²) in [5.41, 5.74) is 7.08. The molecule has 6 nitrogen and oxygen atoms in total. The van der Waals surface area contributed by atoms with Gasteiger partial charge >= 0.3 is 6.18 Å². The zero-order valence-corrected chi connectivity index (χ0v) is 18.8. The van der Waals surface area contributed by atoms with Crippen LogP contribution in [0.4, 0.5) is 18.2 Å². The average molecular weight is 469 g/mol. The van der Waals surface area contributed by atoms with Crippen molar-refractivity contribution in [2.75, 3.05) is 5.32 Å². The van der Waals surface area contributed by atoms with Crippen molar-refractivity contribution in [3.05, 3.63) is 33.0 Å². The van der Waals surface area contributed by atoms with Crippen molar-refractivity contribution in [1.82, 2.24) is 9.78 Å². The van der Waals surface area contributed by atoms with Crippen LogP contribution in [0.1, 0.15) is 76.8 Å². The summed E-state index contributed by atoms with van der Waals surface area (Å²) in [6, 6.07) is 0. The minimum absolute atomic E-state index is 0.233. The number of primary amides is 1. The fraction of sp³-hybridized carbons (Fsp3) is 0.591. The summed E-state index contributed by atoms with van der Waals surface area (Å²) in [6.45, 7) is 1.96. The second kappa shape index (κ2) is 8.88. The lowest BCUT2D eigenvalue weighted by Crippen LogP contribution is -2.24. The SMILES string of the molecule is CC(CCn1nc(C(F)(F)F)c2c1CCCC2)C(=O)Nc1sc2c(c1C(N)=O)CCCC2. The Bertz CT molecular complexity index is 1040. The molecule has 0 aromatic carbocycles. The van der Waals surface area contributed by atoms with Gasteiger partial charge in [-0.3, -0.25) is 14.3 Å². The number of halogens is 3. The second-order valence-electron chi connectivity index (χ2n) is 8.66. The van der Waals surface area contributed by atoms with Crippen LogP contribution in [0.2, 0.25) is 0 Å². The number of carbonyl (C=O) groups is 2. The summed E-state index contributed by atoms with van der Waals surface area (Å²) in [5.74, 6) is -1.29. The van der Waals surface area contributed by atoms with E-state index in [1.54, 1.807) is 6.92 Å². The van der Waals surface area contributed by atoms with Crippen molar-refractivity contribution < 1.29 is 22.8 Å². The van der Waals surface area contributed by atoms with E-state index >= 15 is 0 Å². The predicted octanol–water partition coefficient (Wildman–Crippen LogP) is 4.48. The number of anilines is 1. The fourth-order valence-electron chi connectivity index (χ4n) is 4.68. The molecule has 2 aromatic heterocycles. The third kappa shape index (κ3) is 4.42. The van der Waals surface area contributed by atoms with E-state index in [1.165, 1.54) is 16.0 Å². The average Bonchev–Trinajstić information content (AvgIpc) is 3.30. The number of aromatic nitrogens is 2. The zero-order valence-electron chi connectivity index (χ0n) is 18.0. The van der Waals surface area contributed by atoms with Crippen molar-refractivity contribution in [1.29, 1.82) is 0 Å². The van der Waals surface area contributed by atoms with Crippen LogP contribution >= 0.6 is 11.3 Å². The van der Waals surface area contributed by atoms with E-state index in [2.05, 4.69) is 10.4 Å². The summed E-state index contributed by atoms with van der Waals surface area (Å²) < 4.78 is 41.6. The number of hydrogen-bond donors (Lipinski definition) is 2. The number of alkyl halides is 3. The Morgan fingerprint density at radius 1 is 1.12 bits per heavy atom. The minimum Gasteiger partial charge on any atom is -0.365 e. The normalized spacial score (nSPS) is 16.9. The van der Waals surface area contributed by atoms with E-state index in [1.807, 2.05) is 0 Å². The van der Waals surface area contributed by atoms with Crippen molar-refractivity contribution in [3.63, 3.8) is 0 Å². The summed E-state index contributed by atoms with van der Waals surface area (Å²) in [6.07, 6.45) is 2.08. The Morgan fingerprint density at radius 3 is 2.47 bits per heavy atom. The van der Waals surface area contributed by atoms with Gasteiger partial charge in [0.2, 0.25) is 5.91 Å². The maximum Gasteiger partial charge on any atom is 0.435 e. The first kappa shape index (κ1) is 22.8. The number of carbonyl (C=O) groups excluding carboxylic acids is 2. The summed E-state index contributed by atoms with van der Waals surface area (Å²) in [7, 11) is 0. The highest BCUT2D eigenvalue weighted by Crippen LogP contribution is 2.38. The maximum absolute atomic E-state index is 13.4. The zero-order chi connectivity index (χ0) is 23.0. The molecule has 0 spiro atoms. The van der Waals surface area contributed by atoms with E-state index in [9.17, 15) is 22.8 Å². The van der Waals surface area contributed by atoms with Gasteiger partial charge in [0.05, 0.1) is 5.56 Å². The molecule has 0 saturated heterocycles. The van der Waals surface area contributed by atoms with Crippen LogP contribution < -0.4 is 11.1 Å². The van der Waals surface area contributed by atoms with E-state index in [4.69, 9.17) is 5.73 Å².